The lowest BCUT2D eigenvalue weighted by molar-refractivity contribution is 0.0104. The van der Waals surface area contributed by atoms with Crippen LogP contribution in [-0.2, 0) is 17.7 Å². The monoisotopic (exact) mass is 254 g/mol. The zero-order valence-corrected chi connectivity index (χ0v) is 9.58. The summed E-state index contributed by atoms with van der Waals surface area (Å²) in [4.78, 5) is 0. The number of halogens is 5. The molecule has 0 amide bonds. The Labute approximate surface area is 96.2 Å². The second kappa shape index (κ2) is 4.24. The van der Waals surface area contributed by atoms with Gasteiger partial charge in [-0.15, -0.1) is 11.6 Å². The Morgan fingerprint density at radius 3 is 1.56 bits per heavy atom. The highest BCUT2D eigenvalue weighted by Crippen LogP contribution is 2.34. The fourth-order valence-corrected chi connectivity index (χ4v) is 1.43. The summed E-state index contributed by atoms with van der Waals surface area (Å²) in [6, 6.07) is 3.10. The Balaban J connectivity index is 3.33. The summed E-state index contributed by atoms with van der Waals surface area (Å²) in [6.07, 6.45) is 0. The number of benzene rings is 1. The molecular weight excluding hydrogens is 244 g/mol. The van der Waals surface area contributed by atoms with E-state index in [0.717, 1.165) is 18.2 Å². The Bertz CT molecular complexity index is 344. The molecule has 0 aliphatic rings. The molecule has 1 aromatic rings. The minimum Gasteiger partial charge on any atom is -0.202 e. The first kappa shape index (κ1) is 13.3. The maximum Gasteiger partial charge on any atom is 0.270 e. The smallest absolute Gasteiger partial charge is 0.202 e. The van der Waals surface area contributed by atoms with Crippen molar-refractivity contribution in [3.05, 3.63) is 34.9 Å². The Hall–Kier alpha value is -0.770. The third-order valence-electron chi connectivity index (χ3n) is 2.16. The molecule has 1 rings (SSSR count). The molecule has 0 bridgehead atoms. The van der Waals surface area contributed by atoms with Gasteiger partial charge in [-0.05, 0) is 23.8 Å². The zero-order valence-electron chi connectivity index (χ0n) is 8.83. The number of hydrogen-bond donors (Lipinski definition) is 0. The fraction of sp³-hybridized carbons (Fsp3) is 0.455. The topological polar surface area (TPSA) is 0 Å². The van der Waals surface area contributed by atoms with Crippen LogP contribution in [0.4, 0.5) is 17.6 Å². The molecule has 0 spiro atoms. The van der Waals surface area contributed by atoms with Gasteiger partial charge >= 0.3 is 0 Å². The summed E-state index contributed by atoms with van der Waals surface area (Å²) < 4.78 is 52.2. The van der Waals surface area contributed by atoms with Crippen LogP contribution < -0.4 is 0 Å². The summed E-state index contributed by atoms with van der Waals surface area (Å²) in [6.45, 7) is 1.33. The highest BCUT2D eigenvalue weighted by atomic mass is 35.5. The van der Waals surface area contributed by atoms with Crippen molar-refractivity contribution >= 4 is 11.6 Å². The van der Waals surface area contributed by atoms with Crippen molar-refractivity contribution in [2.24, 2.45) is 0 Å². The van der Waals surface area contributed by atoms with Crippen LogP contribution in [0.5, 0.6) is 0 Å². The maximum absolute atomic E-state index is 13.1. The van der Waals surface area contributed by atoms with Gasteiger partial charge < -0.3 is 0 Å². The average molecular weight is 255 g/mol. The van der Waals surface area contributed by atoms with Crippen molar-refractivity contribution in [2.45, 2.75) is 31.6 Å². The van der Waals surface area contributed by atoms with Crippen LogP contribution in [0.25, 0.3) is 0 Å². The van der Waals surface area contributed by atoms with Crippen molar-refractivity contribution in [2.75, 3.05) is 0 Å². The summed E-state index contributed by atoms with van der Waals surface area (Å²) in [7, 11) is 0. The molecule has 0 N–H and O–H groups in total. The van der Waals surface area contributed by atoms with E-state index in [0.29, 0.717) is 13.8 Å². The van der Waals surface area contributed by atoms with Gasteiger partial charge in [0.15, 0.2) is 0 Å². The first-order chi connectivity index (χ1) is 7.14. The fourth-order valence-electron chi connectivity index (χ4n) is 1.28. The molecule has 0 aliphatic carbocycles. The van der Waals surface area contributed by atoms with E-state index >= 15 is 0 Å². The third kappa shape index (κ3) is 3.11. The SMILES string of the molecule is CC(F)(F)c1cc(CCl)cc(C(C)(F)F)c1. The number of rotatable bonds is 3. The van der Waals surface area contributed by atoms with Gasteiger partial charge in [-0.1, -0.05) is 0 Å². The lowest BCUT2D eigenvalue weighted by Gasteiger charge is -2.17. The van der Waals surface area contributed by atoms with E-state index in [2.05, 4.69) is 0 Å². The molecule has 0 aliphatic heterocycles. The molecule has 0 heterocycles. The summed E-state index contributed by atoms with van der Waals surface area (Å²) in [5.41, 5.74) is -0.624. The van der Waals surface area contributed by atoms with Gasteiger partial charge in [0.05, 0.1) is 0 Å². The molecule has 16 heavy (non-hydrogen) atoms. The van der Waals surface area contributed by atoms with Crippen molar-refractivity contribution < 1.29 is 17.6 Å². The van der Waals surface area contributed by atoms with Crippen molar-refractivity contribution in [3.63, 3.8) is 0 Å². The van der Waals surface area contributed by atoms with Gasteiger partial charge in [-0.2, -0.15) is 0 Å². The first-order valence-electron chi connectivity index (χ1n) is 4.61. The molecule has 1 aromatic carbocycles. The van der Waals surface area contributed by atoms with Gasteiger partial charge in [0.2, 0.25) is 0 Å². The second-order valence-electron chi connectivity index (χ2n) is 3.83. The lowest BCUT2D eigenvalue weighted by Crippen LogP contribution is -2.13. The molecule has 0 saturated heterocycles. The highest BCUT2D eigenvalue weighted by molar-refractivity contribution is 6.17. The molecule has 0 saturated carbocycles. The van der Waals surface area contributed by atoms with E-state index in [9.17, 15) is 17.6 Å². The predicted molar refractivity (Wildman–Crippen MR) is 55.1 cm³/mol. The van der Waals surface area contributed by atoms with Crippen molar-refractivity contribution in [1.29, 1.82) is 0 Å². The third-order valence-corrected chi connectivity index (χ3v) is 2.47. The summed E-state index contributed by atoms with van der Waals surface area (Å²) >= 11 is 5.48. The standard InChI is InChI=1S/C11H11ClF4/c1-10(13,14)8-3-7(6-12)4-9(5-8)11(2,15)16/h3-5H,6H2,1-2H3. The largest absolute Gasteiger partial charge is 0.270 e. The maximum atomic E-state index is 13.1. The van der Waals surface area contributed by atoms with E-state index in [-0.39, 0.29) is 11.4 Å². The van der Waals surface area contributed by atoms with Crippen LogP contribution >= 0.6 is 11.6 Å². The number of alkyl halides is 5. The van der Waals surface area contributed by atoms with Crippen molar-refractivity contribution in [3.8, 4) is 0 Å². The van der Waals surface area contributed by atoms with Gasteiger partial charge in [-0.25, -0.2) is 17.6 Å². The molecule has 0 nitrogen and oxygen atoms in total. The van der Waals surface area contributed by atoms with Crippen LogP contribution in [0.15, 0.2) is 18.2 Å². The summed E-state index contributed by atoms with van der Waals surface area (Å²) in [5, 5.41) is 0. The predicted octanol–water partition coefficient (Wildman–Crippen LogP) is 4.65. The van der Waals surface area contributed by atoms with Crippen LogP contribution in [0.1, 0.15) is 30.5 Å². The molecular formula is C11H11ClF4. The molecule has 0 unspecified atom stereocenters. The van der Waals surface area contributed by atoms with Gasteiger partial charge in [0, 0.05) is 30.9 Å². The molecule has 5 heteroatoms. The Morgan fingerprint density at radius 1 is 0.938 bits per heavy atom. The lowest BCUT2D eigenvalue weighted by atomic mass is 9.99. The Kier molecular flexibility index (Phi) is 3.53. The van der Waals surface area contributed by atoms with E-state index < -0.39 is 23.0 Å². The minimum absolute atomic E-state index is 0.0764. The molecule has 0 radical (unpaired) electrons. The zero-order chi connectivity index (χ0) is 12.6. The van der Waals surface area contributed by atoms with Gasteiger partial charge in [0.1, 0.15) is 0 Å². The molecule has 0 aromatic heterocycles. The Morgan fingerprint density at radius 2 is 1.31 bits per heavy atom. The second-order valence-corrected chi connectivity index (χ2v) is 4.10. The first-order valence-corrected chi connectivity index (χ1v) is 5.14. The van der Waals surface area contributed by atoms with E-state index in [1.807, 2.05) is 0 Å². The quantitative estimate of drug-likeness (QED) is 0.544. The van der Waals surface area contributed by atoms with E-state index in [1.165, 1.54) is 0 Å². The van der Waals surface area contributed by atoms with Crippen LogP contribution in [0.2, 0.25) is 0 Å². The average Bonchev–Trinajstić information content (AvgIpc) is 2.14. The highest BCUT2D eigenvalue weighted by Gasteiger charge is 2.30. The van der Waals surface area contributed by atoms with Crippen LogP contribution in [0, 0.1) is 0 Å². The number of hydrogen-bond acceptors (Lipinski definition) is 0. The van der Waals surface area contributed by atoms with Gasteiger partial charge in [0.25, 0.3) is 11.8 Å². The normalized spacial score (nSPS) is 12.9. The molecule has 90 valence electrons. The minimum atomic E-state index is -3.15. The van der Waals surface area contributed by atoms with Gasteiger partial charge in [-0.3, -0.25) is 0 Å². The van der Waals surface area contributed by atoms with E-state index in [1.54, 1.807) is 0 Å². The van der Waals surface area contributed by atoms with Crippen LogP contribution in [-0.4, -0.2) is 0 Å². The summed E-state index contributed by atoms with van der Waals surface area (Å²) in [5.74, 6) is -6.38. The molecule has 0 fully saturated rings. The van der Waals surface area contributed by atoms with E-state index in [4.69, 9.17) is 11.6 Å². The molecule has 0 atom stereocenters. The van der Waals surface area contributed by atoms with Crippen molar-refractivity contribution in [1.82, 2.24) is 0 Å². The van der Waals surface area contributed by atoms with Crippen LogP contribution in [0.3, 0.4) is 0 Å².